The molecule has 0 bridgehead atoms. The molecule has 4 rings (SSSR count). The molecule has 3 heterocycles. The van der Waals surface area contributed by atoms with Crippen LogP contribution >= 0.6 is 11.6 Å². The molecule has 1 aromatic carbocycles. The van der Waals surface area contributed by atoms with Crippen LogP contribution in [0.4, 0.5) is 5.69 Å². The lowest BCUT2D eigenvalue weighted by molar-refractivity contribution is -0.134. The van der Waals surface area contributed by atoms with E-state index >= 15 is 0 Å². The summed E-state index contributed by atoms with van der Waals surface area (Å²) in [5, 5.41) is 6.79. The van der Waals surface area contributed by atoms with Crippen molar-refractivity contribution >= 4 is 29.0 Å². The summed E-state index contributed by atoms with van der Waals surface area (Å²) in [6.07, 6.45) is 3.48. The van der Waals surface area contributed by atoms with Crippen molar-refractivity contribution in [2.24, 2.45) is 5.10 Å². The van der Waals surface area contributed by atoms with Crippen molar-refractivity contribution in [1.29, 1.82) is 0 Å². The molecule has 1 aromatic rings. The van der Waals surface area contributed by atoms with Gasteiger partial charge in [-0.05, 0) is 30.3 Å². The minimum absolute atomic E-state index is 0.157. The highest BCUT2D eigenvalue weighted by Gasteiger charge is 2.62. The number of nitrogens with zero attached hydrogens (tertiary/aromatic N) is 2. The van der Waals surface area contributed by atoms with Crippen LogP contribution in [0.15, 0.2) is 41.7 Å². The van der Waals surface area contributed by atoms with E-state index in [1.54, 1.807) is 23.4 Å². The number of cyclic esters (lactones) is 1. The SMILES string of the molecule is O=C1OC[C@]23OC=C[C@H]2N(c2ccc(Cl)cc2)N=C13. The lowest BCUT2D eigenvalue weighted by Gasteiger charge is -2.27. The van der Waals surface area contributed by atoms with Crippen molar-refractivity contribution in [1.82, 2.24) is 0 Å². The first kappa shape index (κ1) is 10.9. The zero-order chi connectivity index (χ0) is 13.0. The van der Waals surface area contributed by atoms with E-state index in [-0.39, 0.29) is 12.6 Å². The molecule has 6 heteroatoms. The number of ether oxygens (including phenoxy) is 2. The summed E-state index contributed by atoms with van der Waals surface area (Å²) in [7, 11) is 0. The molecule has 3 aliphatic rings. The van der Waals surface area contributed by atoms with Crippen molar-refractivity contribution < 1.29 is 14.3 Å². The van der Waals surface area contributed by atoms with Crippen LogP contribution in [0.1, 0.15) is 0 Å². The van der Waals surface area contributed by atoms with Gasteiger partial charge >= 0.3 is 5.97 Å². The standard InChI is InChI=1S/C13H9ClN2O3/c14-8-1-3-9(4-2-8)16-10-5-6-19-13(10)7-18-12(17)11(13)15-16/h1-6,10H,7H2/t10-,13+/m1/s1. The van der Waals surface area contributed by atoms with Crippen molar-refractivity contribution in [3.8, 4) is 0 Å². The van der Waals surface area contributed by atoms with Crippen molar-refractivity contribution in [3.05, 3.63) is 41.6 Å². The quantitative estimate of drug-likeness (QED) is 0.733. The molecule has 0 saturated carbocycles. The average Bonchev–Trinajstić information content (AvgIpc) is 3.02. The van der Waals surface area contributed by atoms with Crippen LogP contribution in [0.3, 0.4) is 0 Å². The Hall–Kier alpha value is -2.01. The molecule has 0 N–H and O–H groups in total. The van der Waals surface area contributed by atoms with Gasteiger partial charge in [-0.1, -0.05) is 11.6 Å². The monoisotopic (exact) mass is 276 g/mol. The van der Waals surface area contributed by atoms with Crippen molar-refractivity contribution in [3.63, 3.8) is 0 Å². The van der Waals surface area contributed by atoms with Gasteiger partial charge in [0.1, 0.15) is 12.6 Å². The Morgan fingerprint density at radius 2 is 2.16 bits per heavy atom. The Labute approximate surface area is 114 Å². The Morgan fingerprint density at radius 3 is 2.95 bits per heavy atom. The van der Waals surface area contributed by atoms with E-state index in [2.05, 4.69) is 5.10 Å². The molecule has 1 spiro atoms. The van der Waals surface area contributed by atoms with Crippen molar-refractivity contribution in [2.75, 3.05) is 11.6 Å². The maximum atomic E-state index is 11.7. The third-order valence-corrected chi connectivity index (χ3v) is 3.84. The molecule has 5 nitrogen and oxygen atoms in total. The summed E-state index contributed by atoms with van der Waals surface area (Å²) < 4.78 is 10.7. The zero-order valence-corrected chi connectivity index (χ0v) is 10.5. The van der Waals surface area contributed by atoms with E-state index in [4.69, 9.17) is 21.1 Å². The van der Waals surface area contributed by atoms with Gasteiger partial charge in [-0.25, -0.2) is 4.79 Å². The number of carbonyl (C=O) groups excluding carboxylic acids is 1. The van der Waals surface area contributed by atoms with Crippen LogP contribution in [-0.2, 0) is 14.3 Å². The fourth-order valence-corrected chi connectivity index (χ4v) is 2.77. The molecule has 0 radical (unpaired) electrons. The van der Waals surface area contributed by atoms with Gasteiger partial charge in [0.05, 0.1) is 11.9 Å². The fraction of sp³-hybridized carbons (Fsp3) is 0.231. The highest BCUT2D eigenvalue weighted by molar-refractivity contribution is 6.43. The minimum Gasteiger partial charge on any atom is -0.482 e. The number of hydrogen-bond donors (Lipinski definition) is 0. The van der Waals surface area contributed by atoms with Crippen LogP contribution in [0, 0.1) is 0 Å². The second kappa shape index (κ2) is 3.51. The van der Waals surface area contributed by atoms with Crippen LogP contribution in [0.5, 0.6) is 0 Å². The van der Waals surface area contributed by atoms with Gasteiger partial charge in [0.2, 0.25) is 5.60 Å². The number of halogens is 1. The van der Waals surface area contributed by atoms with Crippen LogP contribution in [-0.4, -0.2) is 29.9 Å². The van der Waals surface area contributed by atoms with Gasteiger partial charge in [0.25, 0.3) is 0 Å². The van der Waals surface area contributed by atoms with Crippen molar-refractivity contribution in [2.45, 2.75) is 11.6 Å². The Morgan fingerprint density at radius 1 is 1.37 bits per heavy atom. The number of esters is 1. The summed E-state index contributed by atoms with van der Waals surface area (Å²) in [6, 6.07) is 7.14. The Bertz CT molecular complexity index is 625. The number of anilines is 1. The van der Waals surface area contributed by atoms with E-state index < -0.39 is 11.6 Å². The molecule has 0 unspecified atom stereocenters. The molecule has 19 heavy (non-hydrogen) atoms. The third-order valence-electron chi connectivity index (χ3n) is 3.59. The molecular formula is C13H9ClN2O3. The molecule has 3 aliphatic heterocycles. The zero-order valence-electron chi connectivity index (χ0n) is 9.75. The number of carbonyl (C=O) groups is 1. The van der Waals surface area contributed by atoms with E-state index in [0.717, 1.165) is 5.69 Å². The van der Waals surface area contributed by atoms with Crippen LogP contribution in [0.2, 0.25) is 5.02 Å². The second-order valence-electron chi connectivity index (χ2n) is 4.63. The van der Waals surface area contributed by atoms with Gasteiger partial charge in [0, 0.05) is 5.02 Å². The highest BCUT2D eigenvalue weighted by Crippen LogP contribution is 2.41. The van der Waals surface area contributed by atoms with E-state index in [0.29, 0.717) is 10.7 Å². The number of benzene rings is 1. The summed E-state index contributed by atoms with van der Waals surface area (Å²) in [4.78, 5) is 11.7. The van der Waals surface area contributed by atoms with E-state index in [1.807, 2.05) is 18.2 Å². The fourth-order valence-electron chi connectivity index (χ4n) is 2.64. The lowest BCUT2D eigenvalue weighted by atomic mass is 9.93. The summed E-state index contributed by atoms with van der Waals surface area (Å²) in [5.74, 6) is -0.412. The first-order chi connectivity index (χ1) is 9.21. The predicted molar refractivity (Wildman–Crippen MR) is 69.1 cm³/mol. The average molecular weight is 277 g/mol. The first-order valence-corrected chi connectivity index (χ1v) is 6.24. The second-order valence-corrected chi connectivity index (χ2v) is 5.06. The number of hydrazone groups is 1. The lowest BCUT2D eigenvalue weighted by Crippen LogP contribution is -2.48. The molecule has 1 fully saturated rings. The molecule has 0 aliphatic carbocycles. The maximum absolute atomic E-state index is 11.7. The highest BCUT2D eigenvalue weighted by atomic mass is 35.5. The van der Waals surface area contributed by atoms with Crippen LogP contribution in [0.25, 0.3) is 0 Å². The first-order valence-electron chi connectivity index (χ1n) is 5.86. The van der Waals surface area contributed by atoms with Crippen LogP contribution < -0.4 is 5.01 Å². The van der Waals surface area contributed by atoms with E-state index in [1.165, 1.54) is 0 Å². The largest absolute Gasteiger partial charge is 0.482 e. The van der Waals surface area contributed by atoms with E-state index in [9.17, 15) is 4.79 Å². The molecule has 96 valence electrons. The minimum atomic E-state index is -0.781. The summed E-state index contributed by atoms with van der Waals surface area (Å²) >= 11 is 5.88. The third kappa shape index (κ3) is 1.30. The van der Waals surface area contributed by atoms with Gasteiger partial charge in [-0.15, -0.1) is 0 Å². The maximum Gasteiger partial charge on any atom is 0.359 e. The summed E-state index contributed by atoms with van der Waals surface area (Å²) in [5.41, 5.74) is 0.410. The molecular weight excluding hydrogens is 268 g/mol. The normalized spacial score (nSPS) is 30.8. The molecule has 2 atom stereocenters. The van der Waals surface area contributed by atoms with Gasteiger partial charge in [0.15, 0.2) is 5.71 Å². The van der Waals surface area contributed by atoms with Gasteiger partial charge in [-0.2, -0.15) is 5.10 Å². The molecule has 1 saturated heterocycles. The molecule has 0 amide bonds. The Kier molecular flexibility index (Phi) is 2.01. The smallest absolute Gasteiger partial charge is 0.359 e. The number of rotatable bonds is 1. The topological polar surface area (TPSA) is 51.1 Å². The van der Waals surface area contributed by atoms with Gasteiger partial charge in [-0.3, -0.25) is 5.01 Å². The Balaban J connectivity index is 1.80. The summed E-state index contributed by atoms with van der Waals surface area (Å²) in [6.45, 7) is 0.201. The predicted octanol–water partition coefficient (Wildman–Crippen LogP) is 1.72. The van der Waals surface area contributed by atoms with Gasteiger partial charge < -0.3 is 9.47 Å². The number of hydrogen-bond acceptors (Lipinski definition) is 5. The molecule has 0 aromatic heterocycles.